The number of carbonyl (C=O) groups excluding carboxylic acids is 1. The number of rotatable bonds is 2. The van der Waals surface area contributed by atoms with Crippen molar-refractivity contribution in [3.8, 4) is 0 Å². The van der Waals surface area contributed by atoms with Crippen molar-refractivity contribution in [2.24, 2.45) is 4.99 Å². The van der Waals surface area contributed by atoms with Crippen LogP contribution in [-0.4, -0.2) is 18.0 Å². The number of Topliss-reactive ketones (excluding diaryl/α,β-unsaturated/α-hetero) is 1. The van der Waals surface area contributed by atoms with Crippen molar-refractivity contribution in [3.63, 3.8) is 0 Å². The van der Waals surface area contributed by atoms with Gasteiger partial charge in [-0.1, -0.05) is 42.5 Å². The third-order valence-electron chi connectivity index (χ3n) is 4.43. The van der Waals surface area contributed by atoms with Crippen LogP contribution in [0.2, 0.25) is 0 Å². The van der Waals surface area contributed by atoms with E-state index in [0.717, 1.165) is 35.2 Å². The number of carbonyl (C=O) groups is 1. The molecular weight excluding hydrogens is 270 g/mol. The fourth-order valence-electron chi connectivity index (χ4n) is 3.21. The van der Waals surface area contributed by atoms with Gasteiger partial charge >= 0.3 is 0 Å². The van der Waals surface area contributed by atoms with Crippen LogP contribution in [0.5, 0.6) is 0 Å². The number of benzene rings is 2. The van der Waals surface area contributed by atoms with Gasteiger partial charge in [0.1, 0.15) is 0 Å². The van der Waals surface area contributed by atoms with Gasteiger partial charge in [0.05, 0.1) is 12.3 Å². The summed E-state index contributed by atoms with van der Waals surface area (Å²) >= 11 is 0. The van der Waals surface area contributed by atoms with Crippen LogP contribution in [0.25, 0.3) is 5.57 Å². The Balaban J connectivity index is 1.67. The maximum atomic E-state index is 12.1. The predicted octanol–water partition coefficient (Wildman–Crippen LogP) is 4.09. The lowest BCUT2D eigenvalue weighted by atomic mass is 9.88. The third kappa shape index (κ3) is 2.31. The van der Waals surface area contributed by atoms with Crippen LogP contribution in [-0.2, 0) is 6.42 Å². The van der Waals surface area contributed by atoms with Crippen molar-refractivity contribution >= 4 is 17.1 Å². The van der Waals surface area contributed by atoms with Gasteiger partial charge in [-0.25, -0.2) is 0 Å². The summed E-state index contributed by atoms with van der Waals surface area (Å²) in [5.74, 6) is 0.283. The topological polar surface area (TPSA) is 29.4 Å². The van der Waals surface area contributed by atoms with Crippen molar-refractivity contribution in [2.75, 3.05) is 6.54 Å². The van der Waals surface area contributed by atoms with Crippen LogP contribution in [0.1, 0.15) is 39.9 Å². The van der Waals surface area contributed by atoms with Gasteiger partial charge < -0.3 is 0 Å². The molecule has 0 saturated heterocycles. The highest BCUT2D eigenvalue weighted by atomic mass is 16.1. The molecule has 0 amide bonds. The van der Waals surface area contributed by atoms with Gasteiger partial charge in [-0.15, -0.1) is 0 Å². The molecule has 2 nitrogen and oxygen atoms in total. The molecule has 2 aromatic carbocycles. The first-order chi connectivity index (χ1) is 10.8. The number of allylic oxidation sites excluding steroid dienone is 1. The molecule has 0 atom stereocenters. The molecule has 0 aromatic heterocycles. The molecule has 2 aromatic rings. The molecule has 1 heterocycles. The molecule has 0 saturated carbocycles. The highest BCUT2D eigenvalue weighted by Gasteiger charge is 2.19. The Bertz CT molecular complexity index is 800. The van der Waals surface area contributed by atoms with Crippen LogP contribution in [0.3, 0.4) is 0 Å². The molecule has 0 N–H and O–H groups in total. The van der Waals surface area contributed by atoms with Crippen molar-refractivity contribution < 1.29 is 4.79 Å². The van der Waals surface area contributed by atoms with Crippen LogP contribution < -0.4 is 0 Å². The lowest BCUT2D eigenvalue weighted by Gasteiger charge is -2.15. The van der Waals surface area contributed by atoms with Gasteiger partial charge in [0.25, 0.3) is 0 Å². The Morgan fingerprint density at radius 2 is 1.77 bits per heavy atom. The first-order valence-corrected chi connectivity index (χ1v) is 7.78. The molecule has 0 radical (unpaired) electrons. The van der Waals surface area contributed by atoms with E-state index in [1.165, 1.54) is 11.1 Å². The second kappa shape index (κ2) is 5.38. The minimum Gasteiger partial charge on any atom is -0.294 e. The number of hydrogen-bond donors (Lipinski definition) is 0. The Hall–Kier alpha value is -2.48. The summed E-state index contributed by atoms with van der Waals surface area (Å²) in [6.45, 7) is 0.692. The zero-order valence-corrected chi connectivity index (χ0v) is 12.4. The molecule has 1 aliphatic carbocycles. The van der Waals surface area contributed by atoms with E-state index in [1.54, 1.807) is 0 Å². The van der Waals surface area contributed by atoms with E-state index in [0.29, 0.717) is 13.0 Å². The van der Waals surface area contributed by atoms with Crippen LogP contribution in [0, 0.1) is 0 Å². The van der Waals surface area contributed by atoms with E-state index < -0.39 is 0 Å². The smallest absolute Gasteiger partial charge is 0.163 e. The number of fused-ring (bicyclic) bond motifs is 1. The Morgan fingerprint density at radius 3 is 2.64 bits per heavy atom. The van der Waals surface area contributed by atoms with Crippen molar-refractivity contribution in [2.45, 2.75) is 19.3 Å². The third-order valence-corrected chi connectivity index (χ3v) is 4.43. The summed E-state index contributed by atoms with van der Waals surface area (Å²) in [5, 5.41) is 0. The summed E-state index contributed by atoms with van der Waals surface area (Å²) in [6.07, 6.45) is 4.83. The van der Waals surface area contributed by atoms with E-state index in [4.69, 9.17) is 0 Å². The Kier molecular flexibility index (Phi) is 3.23. The minimum absolute atomic E-state index is 0.283. The maximum Gasteiger partial charge on any atom is 0.163 e. The summed E-state index contributed by atoms with van der Waals surface area (Å²) in [7, 11) is 0. The van der Waals surface area contributed by atoms with Gasteiger partial charge in [0, 0.05) is 12.0 Å². The molecule has 4 rings (SSSR count). The standard InChI is InChI=1S/C20H17NO/c22-20-8-4-7-14-9-10-16(11-18(14)20)17-12-19(21-13-17)15-5-2-1-3-6-15/h1-3,5-6,9-12H,4,7-8,13H2. The number of aliphatic imine (C=N–C) groups is 1. The van der Waals surface area contributed by atoms with Gasteiger partial charge in [-0.05, 0) is 47.2 Å². The van der Waals surface area contributed by atoms with Gasteiger partial charge in [-0.3, -0.25) is 9.79 Å². The number of ketones is 1. The van der Waals surface area contributed by atoms with Crippen molar-refractivity contribution in [1.29, 1.82) is 0 Å². The monoisotopic (exact) mass is 287 g/mol. The fourth-order valence-corrected chi connectivity index (χ4v) is 3.21. The van der Waals surface area contributed by atoms with Crippen LogP contribution >= 0.6 is 0 Å². The van der Waals surface area contributed by atoms with E-state index in [9.17, 15) is 4.79 Å². The normalized spacial score (nSPS) is 17.0. The fraction of sp³-hybridized carbons (Fsp3) is 0.200. The average molecular weight is 287 g/mol. The van der Waals surface area contributed by atoms with E-state index >= 15 is 0 Å². The number of aryl methyl sites for hydroxylation is 1. The molecule has 1 aliphatic heterocycles. The maximum absolute atomic E-state index is 12.1. The van der Waals surface area contributed by atoms with Crippen molar-refractivity contribution in [1.82, 2.24) is 0 Å². The zero-order valence-electron chi connectivity index (χ0n) is 12.4. The molecule has 2 aliphatic rings. The first-order valence-electron chi connectivity index (χ1n) is 7.78. The average Bonchev–Trinajstić information content (AvgIpc) is 3.06. The van der Waals surface area contributed by atoms with Gasteiger partial charge in [0.2, 0.25) is 0 Å². The molecule has 0 unspecified atom stereocenters. The SMILES string of the molecule is O=C1CCCc2ccc(C3=CC(c4ccccc4)=NC3)cc21. The zero-order chi connectivity index (χ0) is 14.9. The number of hydrogen-bond acceptors (Lipinski definition) is 2. The largest absolute Gasteiger partial charge is 0.294 e. The van der Waals surface area contributed by atoms with Crippen LogP contribution in [0.4, 0.5) is 0 Å². The van der Waals surface area contributed by atoms with E-state index in [2.05, 4.69) is 41.4 Å². The molecule has 0 fully saturated rings. The van der Waals surface area contributed by atoms with Gasteiger partial charge in [-0.2, -0.15) is 0 Å². The minimum atomic E-state index is 0.283. The lowest BCUT2D eigenvalue weighted by Crippen LogP contribution is -2.11. The predicted molar refractivity (Wildman–Crippen MR) is 89.5 cm³/mol. The molecule has 0 spiro atoms. The number of nitrogens with zero attached hydrogens (tertiary/aromatic N) is 1. The second-order valence-electron chi connectivity index (χ2n) is 5.89. The molecule has 22 heavy (non-hydrogen) atoms. The summed E-state index contributed by atoms with van der Waals surface area (Å²) < 4.78 is 0. The summed E-state index contributed by atoms with van der Waals surface area (Å²) in [5.41, 5.74) is 6.61. The quantitative estimate of drug-likeness (QED) is 0.818. The highest BCUT2D eigenvalue weighted by Crippen LogP contribution is 2.27. The summed E-state index contributed by atoms with van der Waals surface area (Å²) in [4.78, 5) is 16.7. The van der Waals surface area contributed by atoms with Crippen molar-refractivity contribution in [3.05, 3.63) is 76.9 Å². The van der Waals surface area contributed by atoms with E-state index in [-0.39, 0.29) is 5.78 Å². The molecule has 0 bridgehead atoms. The summed E-state index contributed by atoms with van der Waals surface area (Å²) in [6, 6.07) is 16.5. The van der Waals surface area contributed by atoms with E-state index in [1.807, 2.05) is 18.2 Å². The van der Waals surface area contributed by atoms with Gasteiger partial charge in [0.15, 0.2) is 5.78 Å². The Labute approximate surface area is 130 Å². The first kappa shape index (κ1) is 13.2. The van der Waals surface area contributed by atoms with Crippen LogP contribution in [0.15, 0.2) is 59.6 Å². The molecule has 108 valence electrons. The second-order valence-corrected chi connectivity index (χ2v) is 5.89. The Morgan fingerprint density at radius 1 is 0.909 bits per heavy atom. The lowest BCUT2D eigenvalue weighted by molar-refractivity contribution is 0.0972. The molecule has 2 heteroatoms. The highest BCUT2D eigenvalue weighted by molar-refractivity contribution is 6.15. The molecular formula is C20H17NO.